The van der Waals surface area contributed by atoms with Gasteiger partial charge in [0.05, 0.1) is 17.7 Å². The first-order chi connectivity index (χ1) is 18.6. The van der Waals surface area contributed by atoms with E-state index in [2.05, 4.69) is 5.32 Å². The fourth-order valence-electron chi connectivity index (χ4n) is 4.34. The van der Waals surface area contributed by atoms with E-state index < -0.39 is 28.5 Å². The molecule has 0 fully saturated rings. The van der Waals surface area contributed by atoms with Gasteiger partial charge in [0.2, 0.25) is 11.8 Å². The molecule has 8 nitrogen and oxygen atoms in total. The SMILES string of the molecule is CCNC(=O)[C@@H](CC)N(Cc1ccccc1)C(=O)CN(c1cc(C)ccc1OC)S(=O)(=O)c1ccc(C)cc1. The molecule has 0 heterocycles. The van der Waals surface area contributed by atoms with Crippen LogP contribution in [0.2, 0.25) is 0 Å². The van der Waals surface area contributed by atoms with E-state index in [0.29, 0.717) is 18.7 Å². The van der Waals surface area contributed by atoms with Crippen molar-refractivity contribution in [3.63, 3.8) is 0 Å². The number of hydrogen-bond acceptors (Lipinski definition) is 5. The van der Waals surface area contributed by atoms with E-state index in [-0.39, 0.29) is 23.0 Å². The maximum Gasteiger partial charge on any atom is 0.264 e. The summed E-state index contributed by atoms with van der Waals surface area (Å²) < 4.78 is 34.7. The minimum absolute atomic E-state index is 0.0508. The predicted octanol–water partition coefficient (Wildman–Crippen LogP) is 4.45. The van der Waals surface area contributed by atoms with Crippen LogP contribution in [0.25, 0.3) is 0 Å². The number of methoxy groups -OCH3 is 1. The van der Waals surface area contributed by atoms with Gasteiger partial charge >= 0.3 is 0 Å². The highest BCUT2D eigenvalue weighted by atomic mass is 32.2. The molecular weight excluding hydrogens is 514 g/mol. The lowest BCUT2D eigenvalue weighted by atomic mass is 10.1. The second kappa shape index (κ2) is 13.3. The summed E-state index contributed by atoms with van der Waals surface area (Å²) in [5.74, 6) is -0.476. The number of rotatable bonds is 12. The Morgan fingerprint density at radius 1 is 0.923 bits per heavy atom. The molecular formula is C30H37N3O5S. The first-order valence-corrected chi connectivity index (χ1v) is 14.4. The quantitative estimate of drug-likeness (QED) is 0.359. The molecule has 0 unspecified atom stereocenters. The van der Waals surface area contributed by atoms with Crippen LogP contribution in [0.3, 0.4) is 0 Å². The van der Waals surface area contributed by atoms with Crippen LogP contribution in [-0.4, -0.2) is 51.4 Å². The average Bonchev–Trinajstić information content (AvgIpc) is 2.92. The molecule has 0 spiro atoms. The van der Waals surface area contributed by atoms with Gasteiger partial charge < -0.3 is 15.0 Å². The number of carbonyl (C=O) groups is 2. The van der Waals surface area contributed by atoms with Crippen LogP contribution in [0, 0.1) is 13.8 Å². The molecule has 208 valence electrons. The molecule has 2 amide bonds. The molecule has 3 aromatic rings. The van der Waals surface area contributed by atoms with Crippen LogP contribution in [-0.2, 0) is 26.2 Å². The Balaban J connectivity index is 2.12. The first-order valence-electron chi connectivity index (χ1n) is 13.0. The third-order valence-corrected chi connectivity index (χ3v) is 8.20. The number of aryl methyl sites for hydroxylation is 2. The van der Waals surface area contributed by atoms with Crippen LogP contribution < -0.4 is 14.4 Å². The van der Waals surface area contributed by atoms with Gasteiger partial charge in [-0.1, -0.05) is 61.0 Å². The molecule has 0 bridgehead atoms. The number of amides is 2. The number of sulfonamides is 1. The van der Waals surface area contributed by atoms with E-state index >= 15 is 0 Å². The van der Waals surface area contributed by atoms with Crippen molar-refractivity contribution in [1.29, 1.82) is 0 Å². The molecule has 0 saturated heterocycles. The van der Waals surface area contributed by atoms with Crippen molar-refractivity contribution >= 4 is 27.5 Å². The molecule has 0 aliphatic rings. The summed E-state index contributed by atoms with van der Waals surface area (Å²) in [5.41, 5.74) is 2.79. The average molecular weight is 552 g/mol. The van der Waals surface area contributed by atoms with Crippen molar-refractivity contribution < 1.29 is 22.7 Å². The number of hydrogen-bond donors (Lipinski definition) is 1. The van der Waals surface area contributed by atoms with Crippen molar-refractivity contribution in [2.45, 2.75) is 51.6 Å². The third-order valence-electron chi connectivity index (χ3n) is 6.42. The van der Waals surface area contributed by atoms with Gasteiger partial charge in [-0.3, -0.25) is 13.9 Å². The molecule has 0 aliphatic carbocycles. The number of nitrogens with zero attached hydrogens (tertiary/aromatic N) is 2. The van der Waals surface area contributed by atoms with Gasteiger partial charge in [0, 0.05) is 13.1 Å². The van der Waals surface area contributed by atoms with Gasteiger partial charge in [-0.25, -0.2) is 8.42 Å². The lowest BCUT2D eigenvalue weighted by Gasteiger charge is -2.33. The van der Waals surface area contributed by atoms with E-state index in [1.807, 2.05) is 64.1 Å². The summed E-state index contributed by atoms with van der Waals surface area (Å²) in [4.78, 5) is 28.6. The number of ether oxygens (including phenoxy) is 1. The minimum atomic E-state index is -4.18. The molecule has 0 aromatic heterocycles. The van der Waals surface area contributed by atoms with Crippen LogP contribution in [0.1, 0.15) is 37.0 Å². The zero-order valence-electron chi connectivity index (χ0n) is 23.2. The largest absolute Gasteiger partial charge is 0.495 e. The number of nitrogens with one attached hydrogen (secondary N) is 1. The molecule has 3 rings (SSSR count). The Morgan fingerprint density at radius 3 is 2.15 bits per heavy atom. The van der Waals surface area contributed by atoms with Gasteiger partial charge in [0.25, 0.3) is 10.0 Å². The number of carbonyl (C=O) groups excluding carboxylic acids is 2. The number of likely N-dealkylation sites (N-methyl/N-ethyl adjacent to an activating group) is 1. The van der Waals surface area contributed by atoms with Crippen LogP contribution >= 0.6 is 0 Å². The smallest absolute Gasteiger partial charge is 0.264 e. The van der Waals surface area contributed by atoms with E-state index in [9.17, 15) is 18.0 Å². The number of benzene rings is 3. The van der Waals surface area contributed by atoms with Crippen LogP contribution in [0.15, 0.2) is 77.7 Å². The highest BCUT2D eigenvalue weighted by Gasteiger charge is 2.34. The molecule has 3 aromatic carbocycles. The zero-order valence-corrected chi connectivity index (χ0v) is 24.0. The Morgan fingerprint density at radius 2 is 1.56 bits per heavy atom. The van der Waals surface area contributed by atoms with Crippen molar-refractivity contribution in [3.05, 3.63) is 89.5 Å². The van der Waals surface area contributed by atoms with Gasteiger partial charge in [0.15, 0.2) is 0 Å². The van der Waals surface area contributed by atoms with Crippen molar-refractivity contribution in [2.24, 2.45) is 0 Å². The maximum absolute atomic E-state index is 14.1. The summed E-state index contributed by atoms with van der Waals surface area (Å²) in [6, 6.07) is 20.2. The standard InChI is InChI=1S/C30H37N3O5S/c1-6-26(30(35)31-7-2)32(20-24-11-9-8-10-12-24)29(34)21-33(27-19-23(4)15-18-28(27)38-5)39(36,37)25-16-13-22(3)14-17-25/h8-19,26H,6-7,20-21H2,1-5H3,(H,31,35)/t26-/m1/s1. The van der Waals surface area contributed by atoms with Crippen molar-refractivity contribution in [1.82, 2.24) is 10.2 Å². The highest BCUT2D eigenvalue weighted by Crippen LogP contribution is 2.34. The van der Waals surface area contributed by atoms with E-state index in [1.54, 1.807) is 24.3 Å². The molecule has 9 heteroatoms. The first kappa shape index (κ1) is 29.7. The molecule has 39 heavy (non-hydrogen) atoms. The van der Waals surface area contributed by atoms with Crippen LogP contribution in [0.5, 0.6) is 5.75 Å². The fourth-order valence-corrected chi connectivity index (χ4v) is 5.75. The van der Waals surface area contributed by atoms with E-state index in [1.165, 1.54) is 24.1 Å². The Bertz CT molecular complexity index is 1380. The van der Waals surface area contributed by atoms with Gasteiger partial charge in [-0.15, -0.1) is 0 Å². The zero-order chi connectivity index (χ0) is 28.6. The fraction of sp³-hybridized carbons (Fsp3) is 0.333. The minimum Gasteiger partial charge on any atom is -0.495 e. The number of anilines is 1. The highest BCUT2D eigenvalue weighted by molar-refractivity contribution is 7.92. The second-order valence-corrected chi connectivity index (χ2v) is 11.2. The lowest BCUT2D eigenvalue weighted by Crippen LogP contribution is -2.52. The summed E-state index contributed by atoms with van der Waals surface area (Å²) in [6.45, 7) is 7.40. The maximum atomic E-state index is 14.1. The lowest BCUT2D eigenvalue weighted by molar-refractivity contribution is -0.140. The molecule has 0 aliphatic heterocycles. The molecule has 0 radical (unpaired) electrons. The topological polar surface area (TPSA) is 96.0 Å². The summed E-state index contributed by atoms with van der Waals surface area (Å²) >= 11 is 0. The van der Waals surface area contributed by atoms with Gasteiger partial charge in [0.1, 0.15) is 18.3 Å². The Labute approximate surface area is 231 Å². The predicted molar refractivity (Wildman–Crippen MR) is 153 cm³/mol. The summed E-state index contributed by atoms with van der Waals surface area (Å²) in [7, 11) is -2.72. The van der Waals surface area contributed by atoms with Crippen molar-refractivity contribution in [3.8, 4) is 5.75 Å². The molecule has 1 N–H and O–H groups in total. The third kappa shape index (κ3) is 7.17. The molecule has 0 saturated carbocycles. The van der Waals surface area contributed by atoms with Crippen LogP contribution in [0.4, 0.5) is 5.69 Å². The van der Waals surface area contributed by atoms with E-state index in [0.717, 1.165) is 21.0 Å². The Kier molecular flexibility index (Phi) is 10.1. The summed E-state index contributed by atoms with van der Waals surface area (Å²) in [5, 5.41) is 2.81. The summed E-state index contributed by atoms with van der Waals surface area (Å²) in [6.07, 6.45) is 0.364. The molecule has 1 atom stereocenters. The normalized spacial score (nSPS) is 11.9. The monoisotopic (exact) mass is 551 g/mol. The van der Waals surface area contributed by atoms with Crippen molar-refractivity contribution in [2.75, 3.05) is 24.5 Å². The van der Waals surface area contributed by atoms with E-state index in [4.69, 9.17) is 4.74 Å². The second-order valence-electron chi connectivity index (χ2n) is 9.33. The van der Waals surface area contributed by atoms with Gasteiger partial charge in [-0.05, 0) is 62.6 Å². The van der Waals surface area contributed by atoms with Gasteiger partial charge in [-0.2, -0.15) is 0 Å². The Hall–Kier alpha value is -3.85.